The molecule has 102 valence electrons. The fourth-order valence-corrected chi connectivity index (χ4v) is 2.17. The molecule has 1 heterocycles. The average molecular weight is 261 g/mol. The van der Waals surface area contributed by atoms with Gasteiger partial charge in [-0.1, -0.05) is 25.5 Å². The van der Waals surface area contributed by atoms with Gasteiger partial charge < -0.3 is 9.64 Å². The summed E-state index contributed by atoms with van der Waals surface area (Å²) in [4.78, 5) is 25.4. The van der Waals surface area contributed by atoms with Gasteiger partial charge in [0, 0.05) is 24.2 Å². The lowest BCUT2D eigenvalue weighted by atomic mass is 10.0. The molecule has 1 aromatic carbocycles. The van der Waals surface area contributed by atoms with E-state index in [1.165, 1.54) is 0 Å². The Morgan fingerprint density at radius 2 is 2.16 bits per heavy atom. The summed E-state index contributed by atoms with van der Waals surface area (Å²) in [6.45, 7) is 3.33. The van der Waals surface area contributed by atoms with E-state index in [2.05, 4.69) is 6.92 Å². The van der Waals surface area contributed by atoms with Crippen LogP contribution in [0, 0.1) is 0 Å². The number of benzene rings is 1. The number of para-hydroxylation sites is 1. The van der Waals surface area contributed by atoms with Gasteiger partial charge in [0.05, 0.1) is 6.61 Å². The number of fused-ring (bicyclic) bond motifs is 1. The smallest absolute Gasteiger partial charge is 0.325 e. The fourth-order valence-electron chi connectivity index (χ4n) is 2.17. The molecule has 0 atom stereocenters. The molecule has 4 nitrogen and oxygen atoms in total. The van der Waals surface area contributed by atoms with Crippen LogP contribution >= 0.6 is 0 Å². The Morgan fingerprint density at radius 1 is 1.37 bits per heavy atom. The van der Waals surface area contributed by atoms with Gasteiger partial charge in [-0.25, -0.2) is 0 Å². The van der Waals surface area contributed by atoms with Gasteiger partial charge in [0.1, 0.15) is 6.54 Å². The number of esters is 1. The maximum atomic E-state index is 11.8. The van der Waals surface area contributed by atoms with Crippen LogP contribution in [0.15, 0.2) is 24.3 Å². The molecular formula is C15H19NO3. The third kappa shape index (κ3) is 3.34. The number of carbonyl (C=O) groups excluding carboxylic acids is 2. The molecule has 0 amide bonds. The predicted molar refractivity (Wildman–Crippen MR) is 73.5 cm³/mol. The number of carbonyl (C=O) groups is 2. The third-order valence-corrected chi connectivity index (χ3v) is 3.23. The first kappa shape index (κ1) is 13.6. The number of Topliss-reactive ketones (excluding diaryl/α,β-unsaturated/α-hetero) is 1. The highest BCUT2D eigenvalue weighted by molar-refractivity contribution is 6.03. The summed E-state index contributed by atoms with van der Waals surface area (Å²) >= 11 is 0. The Morgan fingerprint density at radius 3 is 2.95 bits per heavy atom. The second kappa shape index (κ2) is 6.36. The first-order valence-electron chi connectivity index (χ1n) is 6.75. The van der Waals surface area contributed by atoms with Crippen molar-refractivity contribution >= 4 is 17.4 Å². The van der Waals surface area contributed by atoms with Crippen molar-refractivity contribution in [3.8, 4) is 0 Å². The lowest BCUT2D eigenvalue weighted by Crippen LogP contribution is -2.37. The molecule has 0 spiro atoms. The van der Waals surface area contributed by atoms with Gasteiger partial charge in [0.25, 0.3) is 0 Å². The Hall–Kier alpha value is -1.84. The van der Waals surface area contributed by atoms with E-state index in [1.807, 2.05) is 29.2 Å². The number of ketones is 1. The largest absolute Gasteiger partial charge is 0.464 e. The molecule has 0 fully saturated rings. The Balaban J connectivity index is 2.00. The van der Waals surface area contributed by atoms with E-state index < -0.39 is 0 Å². The summed E-state index contributed by atoms with van der Waals surface area (Å²) in [7, 11) is 0. The van der Waals surface area contributed by atoms with Crippen LogP contribution in [0.25, 0.3) is 0 Å². The fraction of sp³-hybridized carbons (Fsp3) is 0.467. The number of ether oxygens (including phenoxy) is 1. The van der Waals surface area contributed by atoms with Crippen LogP contribution in [0.2, 0.25) is 0 Å². The molecule has 0 aliphatic carbocycles. The number of anilines is 1. The summed E-state index contributed by atoms with van der Waals surface area (Å²) < 4.78 is 5.16. The topological polar surface area (TPSA) is 46.6 Å². The maximum absolute atomic E-state index is 11.8. The monoisotopic (exact) mass is 261 g/mol. The van der Waals surface area contributed by atoms with Gasteiger partial charge >= 0.3 is 5.97 Å². The standard InChI is InChI=1S/C15H19NO3/c1-2-3-10-19-15(18)11-16-9-8-14(17)12-6-4-5-7-13(12)16/h4-7H,2-3,8-11H2,1H3. The SMILES string of the molecule is CCCCOC(=O)CN1CCC(=O)c2ccccc21. The van der Waals surface area contributed by atoms with Crippen molar-refractivity contribution in [2.24, 2.45) is 0 Å². The summed E-state index contributed by atoms with van der Waals surface area (Å²) in [5, 5.41) is 0. The second-order valence-electron chi connectivity index (χ2n) is 4.69. The Labute approximate surface area is 113 Å². The van der Waals surface area contributed by atoms with E-state index in [4.69, 9.17) is 4.74 Å². The third-order valence-electron chi connectivity index (χ3n) is 3.23. The highest BCUT2D eigenvalue weighted by Crippen LogP contribution is 2.26. The number of unbranched alkanes of at least 4 members (excludes halogenated alkanes) is 1. The Bertz CT molecular complexity index is 470. The molecule has 19 heavy (non-hydrogen) atoms. The predicted octanol–water partition coefficient (Wildman–Crippen LogP) is 2.42. The van der Waals surface area contributed by atoms with Crippen LogP contribution in [0.5, 0.6) is 0 Å². The number of rotatable bonds is 5. The summed E-state index contributed by atoms with van der Waals surface area (Å²) in [6, 6.07) is 7.42. The molecule has 0 N–H and O–H groups in total. The minimum atomic E-state index is -0.224. The molecular weight excluding hydrogens is 242 g/mol. The van der Waals surface area contributed by atoms with Crippen molar-refractivity contribution in [2.45, 2.75) is 26.2 Å². The quantitative estimate of drug-likeness (QED) is 0.603. The van der Waals surface area contributed by atoms with Crippen molar-refractivity contribution in [3.05, 3.63) is 29.8 Å². The maximum Gasteiger partial charge on any atom is 0.325 e. The van der Waals surface area contributed by atoms with E-state index >= 15 is 0 Å². The first-order valence-corrected chi connectivity index (χ1v) is 6.75. The van der Waals surface area contributed by atoms with Crippen LogP contribution in [0.3, 0.4) is 0 Å². The summed E-state index contributed by atoms with van der Waals surface area (Å²) in [5.74, 6) is -0.0798. The van der Waals surface area contributed by atoms with Crippen LogP contribution < -0.4 is 4.90 Å². The number of hydrogen-bond donors (Lipinski definition) is 0. The average Bonchev–Trinajstić information content (AvgIpc) is 2.43. The lowest BCUT2D eigenvalue weighted by Gasteiger charge is -2.29. The lowest BCUT2D eigenvalue weighted by molar-refractivity contribution is -0.142. The number of hydrogen-bond acceptors (Lipinski definition) is 4. The van der Waals surface area contributed by atoms with Gasteiger partial charge in [0.15, 0.2) is 5.78 Å². The highest BCUT2D eigenvalue weighted by atomic mass is 16.5. The first-order chi connectivity index (χ1) is 9.22. The minimum Gasteiger partial charge on any atom is -0.464 e. The molecule has 1 aromatic rings. The highest BCUT2D eigenvalue weighted by Gasteiger charge is 2.24. The number of nitrogens with zero attached hydrogens (tertiary/aromatic N) is 1. The van der Waals surface area contributed by atoms with Crippen LogP contribution in [0.4, 0.5) is 5.69 Å². The van der Waals surface area contributed by atoms with Crippen LogP contribution in [-0.4, -0.2) is 31.4 Å². The van der Waals surface area contributed by atoms with Crippen molar-refractivity contribution in [1.29, 1.82) is 0 Å². The van der Waals surface area contributed by atoms with Crippen molar-refractivity contribution in [1.82, 2.24) is 0 Å². The van der Waals surface area contributed by atoms with Crippen molar-refractivity contribution < 1.29 is 14.3 Å². The molecule has 1 aliphatic heterocycles. The van der Waals surface area contributed by atoms with E-state index in [0.717, 1.165) is 18.5 Å². The molecule has 0 radical (unpaired) electrons. The molecule has 2 rings (SSSR count). The molecule has 4 heteroatoms. The van der Waals surface area contributed by atoms with E-state index in [0.29, 0.717) is 25.1 Å². The molecule has 1 aliphatic rings. The van der Waals surface area contributed by atoms with E-state index in [1.54, 1.807) is 0 Å². The van der Waals surface area contributed by atoms with Gasteiger partial charge in [-0.2, -0.15) is 0 Å². The second-order valence-corrected chi connectivity index (χ2v) is 4.69. The molecule has 0 aromatic heterocycles. The normalized spacial score (nSPS) is 14.2. The van der Waals surface area contributed by atoms with Gasteiger partial charge in [-0.15, -0.1) is 0 Å². The van der Waals surface area contributed by atoms with Gasteiger partial charge in [-0.3, -0.25) is 9.59 Å². The zero-order valence-corrected chi connectivity index (χ0v) is 11.2. The molecule has 0 saturated heterocycles. The summed E-state index contributed by atoms with van der Waals surface area (Å²) in [5.41, 5.74) is 1.54. The van der Waals surface area contributed by atoms with Gasteiger partial charge in [-0.05, 0) is 18.6 Å². The van der Waals surface area contributed by atoms with Crippen LogP contribution in [-0.2, 0) is 9.53 Å². The summed E-state index contributed by atoms with van der Waals surface area (Å²) in [6.07, 6.45) is 2.36. The van der Waals surface area contributed by atoms with Crippen molar-refractivity contribution in [2.75, 3.05) is 24.6 Å². The van der Waals surface area contributed by atoms with E-state index in [9.17, 15) is 9.59 Å². The van der Waals surface area contributed by atoms with Gasteiger partial charge in [0.2, 0.25) is 0 Å². The molecule has 0 bridgehead atoms. The minimum absolute atomic E-state index is 0.145. The zero-order chi connectivity index (χ0) is 13.7. The van der Waals surface area contributed by atoms with Crippen LogP contribution in [0.1, 0.15) is 36.5 Å². The molecule has 0 saturated carbocycles. The van der Waals surface area contributed by atoms with Crippen molar-refractivity contribution in [3.63, 3.8) is 0 Å². The zero-order valence-electron chi connectivity index (χ0n) is 11.2. The van der Waals surface area contributed by atoms with E-state index in [-0.39, 0.29) is 18.3 Å². The Kier molecular flexibility index (Phi) is 4.55. The molecule has 0 unspecified atom stereocenters.